The summed E-state index contributed by atoms with van der Waals surface area (Å²) in [6, 6.07) is 11.6. The number of anilines is 2. The van der Waals surface area contributed by atoms with Crippen molar-refractivity contribution < 1.29 is 9.59 Å². The number of carbonyl (C=O) groups is 2. The SMILES string of the molecule is NC(=O)c1ccsc1NC(=O)CSc1nnc(NCc2ccccc2)s1. The number of amides is 2. The molecule has 2 aromatic heterocycles. The van der Waals surface area contributed by atoms with Gasteiger partial charge >= 0.3 is 0 Å². The Labute approximate surface area is 162 Å². The molecule has 0 aliphatic heterocycles. The van der Waals surface area contributed by atoms with E-state index in [-0.39, 0.29) is 11.7 Å². The standard InChI is InChI=1S/C16H15N5O2S3/c17-13(23)11-6-7-24-14(11)19-12(22)9-25-16-21-20-15(26-16)18-8-10-4-2-1-3-5-10/h1-7H,8-9H2,(H2,17,23)(H,18,20)(H,19,22). The van der Waals surface area contributed by atoms with Crippen LogP contribution in [0.1, 0.15) is 15.9 Å². The molecule has 134 valence electrons. The maximum absolute atomic E-state index is 12.0. The first-order valence-corrected chi connectivity index (χ1v) is 10.2. The first-order valence-electron chi connectivity index (χ1n) is 7.53. The molecule has 0 unspecified atom stereocenters. The van der Waals surface area contributed by atoms with Crippen molar-refractivity contribution in [2.24, 2.45) is 5.73 Å². The van der Waals surface area contributed by atoms with Crippen LogP contribution in [0.2, 0.25) is 0 Å². The molecule has 0 atom stereocenters. The summed E-state index contributed by atoms with van der Waals surface area (Å²) in [5.74, 6) is -0.620. The van der Waals surface area contributed by atoms with E-state index in [4.69, 9.17) is 5.73 Å². The zero-order chi connectivity index (χ0) is 18.4. The molecule has 0 saturated carbocycles. The van der Waals surface area contributed by atoms with E-state index < -0.39 is 5.91 Å². The van der Waals surface area contributed by atoms with Crippen LogP contribution in [0.4, 0.5) is 10.1 Å². The van der Waals surface area contributed by atoms with Gasteiger partial charge in [0.2, 0.25) is 11.0 Å². The molecule has 2 heterocycles. The number of thiophene rings is 1. The number of aromatic nitrogens is 2. The van der Waals surface area contributed by atoms with Crippen molar-refractivity contribution in [3.8, 4) is 0 Å². The molecule has 0 bridgehead atoms. The number of nitrogens with one attached hydrogen (secondary N) is 2. The van der Waals surface area contributed by atoms with Crippen molar-refractivity contribution >= 4 is 56.4 Å². The molecule has 0 aliphatic rings. The Bertz CT molecular complexity index is 894. The van der Waals surface area contributed by atoms with Crippen LogP contribution in [-0.4, -0.2) is 27.8 Å². The lowest BCUT2D eigenvalue weighted by molar-refractivity contribution is -0.113. The summed E-state index contributed by atoms with van der Waals surface area (Å²) >= 11 is 3.94. The van der Waals surface area contributed by atoms with Crippen LogP contribution in [0, 0.1) is 0 Å². The fourth-order valence-electron chi connectivity index (χ4n) is 2.00. The molecule has 4 N–H and O–H groups in total. The third kappa shape index (κ3) is 5.04. The fraction of sp³-hybridized carbons (Fsp3) is 0.125. The first-order chi connectivity index (χ1) is 12.6. The molecule has 2 amide bonds. The van der Waals surface area contributed by atoms with Crippen molar-refractivity contribution in [1.82, 2.24) is 10.2 Å². The largest absolute Gasteiger partial charge is 0.366 e. The molecule has 3 rings (SSSR count). The Morgan fingerprint density at radius 2 is 1.96 bits per heavy atom. The van der Waals surface area contributed by atoms with E-state index in [1.165, 1.54) is 34.4 Å². The molecule has 26 heavy (non-hydrogen) atoms. The van der Waals surface area contributed by atoms with Crippen LogP contribution in [0.3, 0.4) is 0 Å². The second-order valence-electron chi connectivity index (χ2n) is 5.08. The first kappa shape index (κ1) is 18.4. The molecular formula is C16H15N5O2S3. The van der Waals surface area contributed by atoms with Gasteiger partial charge in [-0.1, -0.05) is 53.4 Å². The van der Waals surface area contributed by atoms with E-state index in [1.54, 1.807) is 11.4 Å². The van der Waals surface area contributed by atoms with E-state index in [2.05, 4.69) is 20.8 Å². The Balaban J connectivity index is 1.47. The van der Waals surface area contributed by atoms with E-state index in [9.17, 15) is 9.59 Å². The zero-order valence-electron chi connectivity index (χ0n) is 13.5. The van der Waals surface area contributed by atoms with Crippen LogP contribution in [0.5, 0.6) is 0 Å². The maximum atomic E-state index is 12.0. The minimum Gasteiger partial charge on any atom is -0.366 e. The number of primary amides is 1. The molecule has 0 saturated heterocycles. The molecular weight excluding hydrogens is 390 g/mol. The van der Waals surface area contributed by atoms with E-state index in [1.807, 2.05) is 30.3 Å². The van der Waals surface area contributed by atoms with Gasteiger partial charge in [-0.2, -0.15) is 0 Å². The topological polar surface area (TPSA) is 110 Å². The van der Waals surface area contributed by atoms with Crippen LogP contribution in [-0.2, 0) is 11.3 Å². The normalized spacial score (nSPS) is 10.5. The van der Waals surface area contributed by atoms with E-state index in [0.717, 1.165) is 5.56 Å². The van der Waals surface area contributed by atoms with Crippen molar-refractivity contribution in [2.75, 3.05) is 16.4 Å². The van der Waals surface area contributed by atoms with Gasteiger partial charge in [-0.3, -0.25) is 9.59 Å². The number of benzene rings is 1. The number of nitrogens with two attached hydrogens (primary N) is 1. The molecule has 3 aromatic rings. The highest BCUT2D eigenvalue weighted by atomic mass is 32.2. The van der Waals surface area contributed by atoms with E-state index in [0.29, 0.717) is 26.6 Å². The number of nitrogens with zero attached hydrogens (tertiary/aromatic N) is 2. The lowest BCUT2D eigenvalue weighted by Crippen LogP contribution is -2.17. The monoisotopic (exact) mass is 405 g/mol. The Morgan fingerprint density at radius 1 is 1.15 bits per heavy atom. The molecule has 10 heteroatoms. The minimum atomic E-state index is -0.563. The van der Waals surface area contributed by atoms with Gasteiger partial charge in [0.05, 0.1) is 11.3 Å². The Morgan fingerprint density at radius 3 is 2.73 bits per heavy atom. The second kappa shape index (κ2) is 8.79. The lowest BCUT2D eigenvalue weighted by atomic mass is 10.2. The van der Waals surface area contributed by atoms with Gasteiger partial charge in [0.15, 0.2) is 4.34 Å². The Kier molecular flexibility index (Phi) is 6.21. The van der Waals surface area contributed by atoms with Gasteiger partial charge in [-0.05, 0) is 17.0 Å². The van der Waals surface area contributed by atoms with Crippen molar-refractivity contribution in [3.63, 3.8) is 0 Å². The number of hydrogen-bond acceptors (Lipinski definition) is 8. The molecule has 0 spiro atoms. The molecule has 0 radical (unpaired) electrons. The summed E-state index contributed by atoms with van der Waals surface area (Å²) in [4.78, 5) is 23.3. The van der Waals surface area contributed by atoms with Gasteiger partial charge in [-0.25, -0.2) is 0 Å². The van der Waals surface area contributed by atoms with Crippen molar-refractivity contribution in [3.05, 3.63) is 52.9 Å². The average molecular weight is 406 g/mol. The minimum absolute atomic E-state index is 0.170. The number of carbonyl (C=O) groups excluding carboxylic acids is 2. The summed E-state index contributed by atoms with van der Waals surface area (Å²) in [5, 5.41) is 16.9. The maximum Gasteiger partial charge on any atom is 0.251 e. The summed E-state index contributed by atoms with van der Waals surface area (Å²) in [6.07, 6.45) is 0. The second-order valence-corrected chi connectivity index (χ2v) is 8.19. The van der Waals surface area contributed by atoms with Gasteiger partial charge < -0.3 is 16.4 Å². The number of thioether (sulfide) groups is 1. The zero-order valence-corrected chi connectivity index (χ0v) is 15.9. The van der Waals surface area contributed by atoms with E-state index >= 15 is 0 Å². The lowest BCUT2D eigenvalue weighted by Gasteiger charge is -2.03. The van der Waals surface area contributed by atoms with Gasteiger partial charge in [0, 0.05) is 6.54 Å². The van der Waals surface area contributed by atoms with Crippen molar-refractivity contribution in [1.29, 1.82) is 0 Å². The third-order valence-electron chi connectivity index (χ3n) is 3.20. The summed E-state index contributed by atoms with van der Waals surface area (Å²) < 4.78 is 0.692. The van der Waals surface area contributed by atoms with Crippen molar-refractivity contribution in [2.45, 2.75) is 10.9 Å². The number of hydrogen-bond donors (Lipinski definition) is 3. The van der Waals surface area contributed by atoms with Gasteiger partial charge in [0.25, 0.3) is 5.91 Å². The summed E-state index contributed by atoms with van der Waals surface area (Å²) in [6.45, 7) is 0.662. The predicted molar refractivity (Wildman–Crippen MR) is 106 cm³/mol. The average Bonchev–Trinajstić information content (AvgIpc) is 3.28. The molecule has 7 nitrogen and oxygen atoms in total. The highest BCUT2D eigenvalue weighted by molar-refractivity contribution is 8.01. The third-order valence-corrected chi connectivity index (χ3v) is 6.05. The molecule has 0 aliphatic carbocycles. The highest BCUT2D eigenvalue weighted by Gasteiger charge is 2.13. The fourth-order valence-corrected chi connectivity index (χ4v) is 4.36. The number of rotatable bonds is 8. The van der Waals surface area contributed by atoms with Gasteiger partial charge in [0.1, 0.15) is 5.00 Å². The molecule has 0 fully saturated rings. The Hall–Kier alpha value is -2.43. The summed E-state index contributed by atoms with van der Waals surface area (Å²) in [5.41, 5.74) is 6.73. The van der Waals surface area contributed by atoms with Crippen LogP contribution in [0.25, 0.3) is 0 Å². The predicted octanol–water partition coefficient (Wildman–Crippen LogP) is 3.04. The molecule has 1 aromatic carbocycles. The smallest absolute Gasteiger partial charge is 0.251 e. The summed E-state index contributed by atoms with van der Waals surface area (Å²) in [7, 11) is 0. The van der Waals surface area contributed by atoms with Crippen LogP contribution >= 0.6 is 34.4 Å². The van der Waals surface area contributed by atoms with Crippen LogP contribution in [0.15, 0.2) is 46.1 Å². The quantitative estimate of drug-likeness (QED) is 0.497. The van der Waals surface area contributed by atoms with Crippen LogP contribution < -0.4 is 16.4 Å². The van der Waals surface area contributed by atoms with Gasteiger partial charge in [-0.15, -0.1) is 21.5 Å². The highest BCUT2D eigenvalue weighted by Crippen LogP contribution is 2.27.